The van der Waals surface area contributed by atoms with Crippen LogP contribution in [0, 0.1) is 20.2 Å². The van der Waals surface area contributed by atoms with Crippen LogP contribution in [0.2, 0.25) is 0 Å². The van der Waals surface area contributed by atoms with E-state index in [-0.39, 0.29) is 17.1 Å². The zero-order valence-corrected chi connectivity index (χ0v) is 16.5. The van der Waals surface area contributed by atoms with Gasteiger partial charge in [-0.3, -0.25) is 20.2 Å². The van der Waals surface area contributed by atoms with Crippen molar-refractivity contribution in [3.05, 3.63) is 38.4 Å². The predicted molar refractivity (Wildman–Crippen MR) is 105 cm³/mol. The molecule has 0 unspecified atom stereocenters. The minimum absolute atomic E-state index is 0.201. The molecule has 0 radical (unpaired) electrons. The van der Waals surface area contributed by atoms with Gasteiger partial charge in [0, 0.05) is 19.2 Å². The summed E-state index contributed by atoms with van der Waals surface area (Å²) in [5.41, 5.74) is -0.483. The Balaban J connectivity index is 2.03. The lowest BCUT2D eigenvalue weighted by Gasteiger charge is -2.09. The number of hydrogen-bond acceptors (Lipinski definition) is 10. The molecule has 0 saturated carbocycles. The van der Waals surface area contributed by atoms with Crippen molar-refractivity contribution in [2.75, 3.05) is 78.3 Å². The number of likely N-dealkylation sites (N-methyl/N-ethyl adjacent to an activating group) is 1. The minimum Gasteiger partial charge on any atom is -0.378 e. The topological polar surface area (TPSA) is 147 Å². The summed E-state index contributed by atoms with van der Waals surface area (Å²) in [5.74, 6) is 0. The summed E-state index contributed by atoms with van der Waals surface area (Å²) in [6.07, 6.45) is 0. The van der Waals surface area contributed by atoms with Gasteiger partial charge in [0.1, 0.15) is 5.69 Å². The largest absolute Gasteiger partial charge is 0.378 e. The fourth-order valence-corrected chi connectivity index (χ4v) is 2.13. The van der Waals surface area contributed by atoms with Gasteiger partial charge >= 0.3 is 0 Å². The average molecular weight is 416 g/mol. The third kappa shape index (κ3) is 11.3. The molecule has 0 fully saturated rings. The minimum atomic E-state index is -0.677. The van der Waals surface area contributed by atoms with Crippen LogP contribution in [-0.2, 0) is 18.9 Å². The van der Waals surface area contributed by atoms with Crippen LogP contribution >= 0.6 is 0 Å². The maximum absolute atomic E-state index is 11.0. The first-order valence-corrected chi connectivity index (χ1v) is 9.18. The third-order valence-electron chi connectivity index (χ3n) is 3.56. The lowest BCUT2D eigenvalue weighted by atomic mass is 10.2. The van der Waals surface area contributed by atoms with Crippen molar-refractivity contribution in [1.29, 1.82) is 0 Å². The molecule has 0 heterocycles. The summed E-state index contributed by atoms with van der Waals surface area (Å²) in [4.78, 5) is 20.4. The summed E-state index contributed by atoms with van der Waals surface area (Å²) in [6.45, 7) is 4.84. The van der Waals surface area contributed by atoms with E-state index in [4.69, 9.17) is 18.9 Å². The molecule has 12 heteroatoms. The molecule has 12 nitrogen and oxygen atoms in total. The molecule has 0 aliphatic rings. The lowest BCUT2D eigenvalue weighted by molar-refractivity contribution is -0.393. The fraction of sp³-hybridized carbons (Fsp3) is 0.647. The molecule has 1 rings (SSSR count). The van der Waals surface area contributed by atoms with Gasteiger partial charge < -0.3 is 29.6 Å². The Labute approximate surface area is 168 Å². The highest BCUT2D eigenvalue weighted by atomic mass is 16.6. The SMILES string of the molecule is CNCCOCCOCCOCCOCCNc1ccc([N+](=O)[O-])cc1[N+](=O)[O-]. The van der Waals surface area contributed by atoms with E-state index < -0.39 is 9.85 Å². The van der Waals surface area contributed by atoms with Crippen molar-refractivity contribution < 1.29 is 28.8 Å². The van der Waals surface area contributed by atoms with Crippen molar-refractivity contribution in [2.45, 2.75) is 0 Å². The summed E-state index contributed by atoms with van der Waals surface area (Å²) in [7, 11) is 1.86. The van der Waals surface area contributed by atoms with Crippen LogP contribution in [0.3, 0.4) is 0 Å². The van der Waals surface area contributed by atoms with Crippen molar-refractivity contribution in [1.82, 2.24) is 5.32 Å². The highest BCUT2D eigenvalue weighted by molar-refractivity contribution is 5.65. The predicted octanol–water partition coefficient (Wildman–Crippen LogP) is 1.20. The number of nitrogens with one attached hydrogen (secondary N) is 2. The molecule has 0 aliphatic carbocycles. The van der Waals surface area contributed by atoms with E-state index in [1.807, 2.05) is 7.05 Å². The summed E-state index contributed by atoms with van der Waals surface area (Å²) >= 11 is 0. The second kappa shape index (κ2) is 15.5. The number of nitro groups is 2. The number of nitro benzene ring substituents is 2. The maximum atomic E-state index is 11.0. The molecule has 2 N–H and O–H groups in total. The number of ether oxygens (including phenoxy) is 4. The van der Waals surface area contributed by atoms with Crippen molar-refractivity contribution >= 4 is 17.1 Å². The summed E-state index contributed by atoms with van der Waals surface area (Å²) < 4.78 is 21.4. The van der Waals surface area contributed by atoms with Gasteiger partial charge in [-0.05, 0) is 13.1 Å². The Hall–Kier alpha value is -2.38. The first-order chi connectivity index (χ1) is 14.1. The van der Waals surface area contributed by atoms with E-state index in [2.05, 4.69) is 10.6 Å². The molecular weight excluding hydrogens is 388 g/mol. The van der Waals surface area contributed by atoms with Crippen molar-refractivity contribution in [3.63, 3.8) is 0 Å². The van der Waals surface area contributed by atoms with E-state index in [0.29, 0.717) is 59.4 Å². The van der Waals surface area contributed by atoms with Crippen LogP contribution in [-0.4, -0.2) is 82.8 Å². The average Bonchev–Trinajstić information content (AvgIpc) is 2.70. The Kier molecular flexibility index (Phi) is 13.2. The molecule has 0 amide bonds. The Morgan fingerprint density at radius 2 is 1.31 bits per heavy atom. The van der Waals surface area contributed by atoms with Crippen LogP contribution in [0.25, 0.3) is 0 Å². The van der Waals surface area contributed by atoms with Gasteiger partial charge in [0.05, 0.1) is 68.8 Å². The molecule has 164 valence electrons. The van der Waals surface area contributed by atoms with Gasteiger partial charge in [0.15, 0.2) is 0 Å². The molecule has 0 aromatic heterocycles. The van der Waals surface area contributed by atoms with Crippen LogP contribution in [0.15, 0.2) is 18.2 Å². The first kappa shape index (κ1) is 24.7. The number of non-ortho nitro benzene ring substituents is 1. The summed E-state index contributed by atoms with van der Waals surface area (Å²) in [5, 5.41) is 27.6. The molecule has 0 bridgehead atoms. The lowest BCUT2D eigenvalue weighted by Crippen LogP contribution is -2.17. The van der Waals surface area contributed by atoms with E-state index in [0.717, 1.165) is 12.6 Å². The Bertz CT molecular complexity index is 617. The normalized spacial score (nSPS) is 10.8. The van der Waals surface area contributed by atoms with Gasteiger partial charge in [-0.15, -0.1) is 0 Å². The maximum Gasteiger partial charge on any atom is 0.299 e. The van der Waals surface area contributed by atoms with Gasteiger partial charge in [-0.1, -0.05) is 0 Å². The second-order valence-corrected chi connectivity index (χ2v) is 5.70. The van der Waals surface area contributed by atoms with E-state index in [1.165, 1.54) is 12.1 Å². The van der Waals surface area contributed by atoms with Gasteiger partial charge in [-0.25, -0.2) is 0 Å². The van der Waals surface area contributed by atoms with Crippen LogP contribution in [0.5, 0.6) is 0 Å². The molecule has 1 aromatic rings. The van der Waals surface area contributed by atoms with E-state index in [1.54, 1.807) is 0 Å². The standard InChI is InChI=1S/C17H28N4O8/c1-18-4-6-26-8-10-28-12-13-29-11-9-27-7-5-19-16-3-2-15(20(22)23)14-17(16)21(24)25/h2-3,14,18-19H,4-13H2,1H3. The molecule has 29 heavy (non-hydrogen) atoms. The van der Waals surface area contributed by atoms with E-state index in [9.17, 15) is 20.2 Å². The van der Waals surface area contributed by atoms with Crippen LogP contribution in [0.1, 0.15) is 0 Å². The highest BCUT2D eigenvalue weighted by Gasteiger charge is 2.18. The van der Waals surface area contributed by atoms with Gasteiger partial charge in [-0.2, -0.15) is 0 Å². The molecule has 1 aromatic carbocycles. The number of anilines is 1. The number of hydrogen-bond donors (Lipinski definition) is 2. The zero-order valence-electron chi connectivity index (χ0n) is 16.5. The van der Waals surface area contributed by atoms with Crippen LogP contribution in [0.4, 0.5) is 17.1 Å². The Morgan fingerprint density at radius 3 is 1.79 bits per heavy atom. The second-order valence-electron chi connectivity index (χ2n) is 5.70. The van der Waals surface area contributed by atoms with E-state index >= 15 is 0 Å². The van der Waals surface area contributed by atoms with Crippen LogP contribution < -0.4 is 10.6 Å². The number of benzene rings is 1. The summed E-state index contributed by atoms with van der Waals surface area (Å²) in [6, 6.07) is 3.44. The molecular formula is C17H28N4O8. The van der Waals surface area contributed by atoms with Gasteiger partial charge in [0.25, 0.3) is 11.4 Å². The molecule has 0 atom stereocenters. The molecule has 0 aliphatic heterocycles. The smallest absolute Gasteiger partial charge is 0.299 e. The number of rotatable bonds is 18. The zero-order chi connectivity index (χ0) is 21.3. The number of nitrogens with zero attached hydrogens (tertiary/aromatic N) is 2. The molecule has 0 saturated heterocycles. The quantitative estimate of drug-likeness (QED) is 0.203. The monoisotopic (exact) mass is 416 g/mol. The Morgan fingerprint density at radius 1 is 0.793 bits per heavy atom. The van der Waals surface area contributed by atoms with Crippen molar-refractivity contribution in [3.8, 4) is 0 Å². The van der Waals surface area contributed by atoms with Crippen molar-refractivity contribution in [2.24, 2.45) is 0 Å². The molecule has 0 spiro atoms. The highest BCUT2D eigenvalue weighted by Crippen LogP contribution is 2.28. The van der Waals surface area contributed by atoms with Gasteiger partial charge in [0.2, 0.25) is 0 Å². The fourth-order valence-electron chi connectivity index (χ4n) is 2.13. The third-order valence-corrected chi connectivity index (χ3v) is 3.56. The first-order valence-electron chi connectivity index (χ1n) is 9.18.